The van der Waals surface area contributed by atoms with Crippen molar-refractivity contribution in [3.63, 3.8) is 0 Å². The average Bonchev–Trinajstić information content (AvgIpc) is 2.76. The summed E-state index contributed by atoms with van der Waals surface area (Å²) >= 11 is 0. The Hall–Kier alpha value is -2.76. The summed E-state index contributed by atoms with van der Waals surface area (Å²) in [4.78, 5) is 3.20. The van der Waals surface area contributed by atoms with Gasteiger partial charge in [0.15, 0.2) is 11.5 Å². The lowest BCUT2D eigenvalue weighted by atomic mass is 10.1. The number of fused-ring (bicyclic) bond motifs is 1. The highest BCUT2D eigenvalue weighted by molar-refractivity contribution is 5.82. The highest BCUT2D eigenvalue weighted by atomic mass is 16.5. The number of piperazine rings is 1. The molecule has 1 fully saturated rings. The molecule has 0 radical (unpaired) electrons. The summed E-state index contributed by atoms with van der Waals surface area (Å²) in [6.07, 6.45) is 0. The van der Waals surface area contributed by atoms with Crippen molar-refractivity contribution < 1.29 is 24.4 Å². The van der Waals surface area contributed by atoms with Crippen LogP contribution in [-0.4, -0.2) is 45.5 Å². The maximum absolute atomic E-state index is 10.1. The summed E-state index contributed by atoms with van der Waals surface area (Å²) in [5, 5.41) is 12.7. The number of nitrogens with one attached hydrogen (secondary N) is 2. The number of methoxy groups -OCH3 is 2. The van der Waals surface area contributed by atoms with Gasteiger partial charge in [0.05, 0.1) is 14.2 Å². The normalized spacial score (nSPS) is 19.2. The van der Waals surface area contributed by atoms with E-state index in [-0.39, 0.29) is 5.75 Å². The van der Waals surface area contributed by atoms with Crippen molar-refractivity contribution in [1.29, 1.82) is 0 Å². The molecule has 1 aliphatic heterocycles. The summed E-state index contributed by atoms with van der Waals surface area (Å²) in [6.45, 7) is 6.58. The first-order valence-electron chi connectivity index (χ1n) is 10.2. The van der Waals surface area contributed by atoms with Gasteiger partial charge in [-0.05, 0) is 29.0 Å². The van der Waals surface area contributed by atoms with Gasteiger partial charge in [-0.1, -0.05) is 36.4 Å². The Kier molecular flexibility index (Phi) is 5.88. The maximum atomic E-state index is 10.1. The van der Waals surface area contributed by atoms with Gasteiger partial charge in [-0.15, -0.1) is 0 Å². The van der Waals surface area contributed by atoms with E-state index in [0.717, 1.165) is 44.8 Å². The second kappa shape index (κ2) is 8.72. The Labute approximate surface area is 172 Å². The molecule has 0 unspecified atom stereocenters. The number of quaternary nitrogens is 2. The molecule has 5 heteroatoms. The number of aromatic hydroxyl groups is 1. The van der Waals surface area contributed by atoms with Gasteiger partial charge in [0.2, 0.25) is 5.75 Å². The molecule has 0 aromatic heterocycles. The van der Waals surface area contributed by atoms with E-state index >= 15 is 0 Å². The van der Waals surface area contributed by atoms with Crippen molar-refractivity contribution in [3.05, 3.63) is 65.7 Å². The molecule has 152 valence electrons. The fourth-order valence-corrected chi connectivity index (χ4v) is 4.29. The lowest BCUT2D eigenvalue weighted by Gasteiger charge is -2.30. The highest BCUT2D eigenvalue weighted by Gasteiger charge is 2.24. The molecule has 1 aliphatic rings. The van der Waals surface area contributed by atoms with Gasteiger partial charge in [-0.25, -0.2) is 0 Å². The molecule has 0 atom stereocenters. The van der Waals surface area contributed by atoms with Gasteiger partial charge in [0, 0.05) is 11.1 Å². The van der Waals surface area contributed by atoms with Gasteiger partial charge in [-0.3, -0.25) is 0 Å². The van der Waals surface area contributed by atoms with Crippen molar-refractivity contribution in [3.8, 4) is 17.2 Å². The van der Waals surface area contributed by atoms with Crippen molar-refractivity contribution in [1.82, 2.24) is 0 Å². The molecule has 4 rings (SSSR count). The van der Waals surface area contributed by atoms with E-state index in [1.165, 1.54) is 16.3 Å². The number of ether oxygens (including phenoxy) is 2. The molecule has 0 spiro atoms. The van der Waals surface area contributed by atoms with Crippen molar-refractivity contribution in [2.45, 2.75) is 13.1 Å². The van der Waals surface area contributed by atoms with Gasteiger partial charge < -0.3 is 24.4 Å². The predicted octanol–water partition coefficient (Wildman–Crippen LogP) is 1.05. The minimum atomic E-state index is 0.0680. The Morgan fingerprint density at radius 2 is 1.28 bits per heavy atom. The summed E-state index contributed by atoms with van der Waals surface area (Å²) in [5.74, 6) is 1.01. The van der Waals surface area contributed by atoms with Crippen LogP contribution >= 0.6 is 0 Å². The zero-order valence-corrected chi connectivity index (χ0v) is 17.2. The zero-order chi connectivity index (χ0) is 20.2. The zero-order valence-electron chi connectivity index (χ0n) is 17.2. The summed E-state index contributed by atoms with van der Waals surface area (Å²) in [7, 11) is 3.14. The van der Waals surface area contributed by atoms with Crippen LogP contribution < -0.4 is 19.3 Å². The molecule has 5 nitrogen and oxygen atoms in total. The molecular formula is C24H30N2O3+2. The van der Waals surface area contributed by atoms with Gasteiger partial charge >= 0.3 is 0 Å². The lowest BCUT2D eigenvalue weighted by Crippen LogP contribution is -3.27. The monoisotopic (exact) mass is 394 g/mol. The van der Waals surface area contributed by atoms with Crippen LogP contribution in [0.15, 0.2) is 54.6 Å². The number of phenols is 1. The third kappa shape index (κ3) is 4.47. The van der Waals surface area contributed by atoms with Crippen LogP contribution in [0, 0.1) is 0 Å². The Morgan fingerprint density at radius 1 is 0.724 bits per heavy atom. The minimum absolute atomic E-state index is 0.0680. The predicted molar refractivity (Wildman–Crippen MR) is 114 cm³/mol. The molecule has 0 saturated carbocycles. The maximum Gasteiger partial charge on any atom is 0.200 e. The number of phenolic OH excluding ortho intramolecular Hbond substituents is 1. The average molecular weight is 395 g/mol. The van der Waals surface area contributed by atoms with Gasteiger partial charge in [0.1, 0.15) is 39.3 Å². The van der Waals surface area contributed by atoms with E-state index in [0.29, 0.717) is 11.5 Å². The largest absolute Gasteiger partial charge is 0.502 e. The highest BCUT2D eigenvalue weighted by Crippen LogP contribution is 2.36. The minimum Gasteiger partial charge on any atom is -0.502 e. The molecule has 3 N–H and O–H groups in total. The molecule has 3 aromatic rings. The van der Waals surface area contributed by atoms with Crippen LogP contribution in [0.2, 0.25) is 0 Å². The Balaban J connectivity index is 1.35. The van der Waals surface area contributed by atoms with Crippen LogP contribution in [-0.2, 0) is 13.1 Å². The van der Waals surface area contributed by atoms with Gasteiger partial charge in [-0.2, -0.15) is 0 Å². The Morgan fingerprint density at radius 3 is 1.86 bits per heavy atom. The molecule has 3 aromatic carbocycles. The molecule has 0 bridgehead atoms. The molecule has 0 amide bonds. The van der Waals surface area contributed by atoms with E-state index in [4.69, 9.17) is 9.47 Å². The fraction of sp³-hybridized carbons (Fsp3) is 0.333. The molecule has 1 saturated heterocycles. The lowest BCUT2D eigenvalue weighted by molar-refractivity contribution is -1.02. The van der Waals surface area contributed by atoms with E-state index in [9.17, 15) is 5.11 Å². The second-order valence-electron chi connectivity index (χ2n) is 7.88. The number of rotatable bonds is 6. The van der Waals surface area contributed by atoms with Crippen LogP contribution in [0.5, 0.6) is 17.2 Å². The first-order chi connectivity index (χ1) is 14.2. The molecule has 0 aliphatic carbocycles. The topological polar surface area (TPSA) is 47.6 Å². The first-order valence-corrected chi connectivity index (χ1v) is 10.2. The van der Waals surface area contributed by atoms with E-state index in [2.05, 4.69) is 42.5 Å². The summed E-state index contributed by atoms with van der Waals surface area (Å²) in [5.41, 5.74) is 2.54. The van der Waals surface area contributed by atoms with Crippen molar-refractivity contribution in [2.24, 2.45) is 0 Å². The van der Waals surface area contributed by atoms with Crippen LogP contribution in [0.3, 0.4) is 0 Å². The quantitative estimate of drug-likeness (QED) is 0.586. The van der Waals surface area contributed by atoms with Crippen molar-refractivity contribution in [2.75, 3.05) is 40.4 Å². The third-order valence-electron chi connectivity index (χ3n) is 5.93. The smallest absolute Gasteiger partial charge is 0.200 e. The van der Waals surface area contributed by atoms with Gasteiger partial charge in [0.25, 0.3) is 0 Å². The standard InChI is InChI=1S/C24H28N2O3/c1-28-22-14-19(15-23(29-2)24(22)27)17-26-11-9-25(10-12-26)16-18-7-8-20-5-3-4-6-21(20)13-18/h3-8,13-15,27H,9-12,16-17H2,1-2H3/p+2. The van der Waals surface area contributed by atoms with Crippen LogP contribution in [0.4, 0.5) is 0 Å². The molecular weight excluding hydrogens is 364 g/mol. The SMILES string of the molecule is COc1cc(C[NH+]2CC[NH+](Cc3ccc4ccccc4c3)CC2)cc(OC)c1O. The van der Waals surface area contributed by atoms with Crippen molar-refractivity contribution >= 4 is 10.8 Å². The Bertz CT molecular complexity index is 956. The second-order valence-corrected chi connectivity index (χ2v) is 7.88. The van der Waals surface area contributed by atoms with E-state index < -0.39 is 0 Å². The first kappa shape index (κ1) is 19.6. The summed E-state index contributed by atoms with van der Waals surface area (Å²) in [6, 6.07) is 19.2. The molecule has 29 heavy (non-hydrogen) atoms. The molecule has 1 heterocycles. The number of hydrogen-bond donors (Lipinski definition) is 3. The van der Waals surface area contributed by atoms with E-state index in [1.807, 2.05) is 12.1 Å². The fourth-order valence-electron chi connectivity index (χ4n) is 4.29. The van der Waals surface area contributed by atoms with Crippen LogP contribution in [0.1, 0.15) is 11.1 Å². The third-order valence-corrected chi connectivity index (χ3v) is 5.93. The summed E-state index contributed by atoms with van der Waals surface area (Å²) < 4.78 is 10.6. The van der Waals surface area contributed by atoms with Crippen LogP contribution in [0.25, 0.3) is 10.8 Å². The number of benzene rings is 3. The van der Waals surface area contributed by atoms with E-state index in [1.54, 1.807) is 24.0 Å². The number of hydrogen-bond acceptors (Lipinski definition) is 3.